The zero-order valence-electron chi connectivity index (χ0n) is 32.5. The molecule has 0 spiro atoms. The fourth-order valence-electron chi connectivity index (χ4n) is 7.24. The summed E-state index contributed by atoms with van der Waals surface area (Å²) in [5, 5.41) is 0. The Morgan fingerprint density at radius 2 is 0.579 bits per heavy atom. The summed E-state index contributed by atoms with van der Waals surface area (Å²) in [7, 11) is 0. The second kappa shape index (κ2) is 24.0. The predicted molar refractivity (Wildman–Crippen MR) is 224 cm³/mol. The molecule has 0 fully saturated rings. The summed E-state index contributed by atoms with van der Waals surface area (Å²) < 4.78 is 4.81. The molecule has 0 amide bonds. The molecule has 57 heavy (non-hydrogen) atoms. The minimum Gasteiger partial charge on any atom is -1.00 e. The number of nitrogens with zero attached hydrogens (tertiary/aromatic N) is 6. The van der Waals surface area contributed by atoms with E-state index >= 15 is 0 Å². The normalized spacial score (nSPS) is 14.0. The van der Waals surface area contributed by atoms with Crippen molar-refractivity contribution in [1.29, 1.82) is 0 Å². The molecule has 8 rings (SSSR count). The molecule has 6 aromatic rings. The maximum atomic E-state index is 2.50. The molecule has 0 bridgehead atoms. The van der Waals surface area contributed by atoms with Crippen LogP contribution in [-0.4, -0.2) is 73.6 Å². The Morgan fingerprint density at radius 1 is 0.333 bits per heavy atom. The van der Waals surface area contributed by atoms with Gasteiger partial charge in [-0.1, -0.05) is 182 Å². The molecule has 2 N–H and O–H groups in total. The molecule has 0 saturated heterocycles. The van der Waals surface area contributed by atoms with Gasteiger partial charge >= 0.3 is 0 Å². The Labute approximate surface area is 360 Å². The first kappa shape index (κ1) is 44.8. The van der Waals surface area contributed by atoms with Crippen molar-refractivity contribution in [2.75, 3.05) is 26.7 Å². The van der Waals surface area contributed by atoms with Crippen molar-refractivity contribution in [2.24, 2.45) is 0 Å². The molecule has 0 aromatic heterocycles. The molecular weight excluding hydrogens is 836 g/mol. The first-order valence-corrected chi connectivity index (χ1v) is 19.0. The van der Waals surface area contributed by atoms with Crippen LogP contribution in [0.15, 0.2) is 182 Å². The number of halogens is 2. The zero-order valence-corrected chi connectivity index (χ0v) is 35.7. The van der Waals surface area contributed by atoms with Crippen molar-refractivity contribution in [2.45, 2.75) is 39.3 Å². The van der Waals surface area contributed by atoms with Crippen LogP contribution < -0.4 is 34.0 Å². The third-order valence-corrected chi connectivity index (χ3v) is 9.59. The molecule has 9 heteroatoms. The molecule has 6 aromatic carbocycles. The number of rotatable bonds is 12. The van der Waals surface area contributed by atoms with Crippen LogP contribution in [0.4, 0.5) is 0 Å². The first-order valence-electron chi connectivity index (χ1n) is 19.0. The lowest BCUT2D eigenvalue weighted by molar-refractivity contribution is -0.573. The summed E-state index contributed by atoms with van der Waals surface area (Å²) in [5.74, 6) is 0. The standard InChI is InChI=1S/2C24H26N3.2BrH.H2O/c2*1-4-10-22(11-5-1)16-25-19-26(17-23-12-6-2-7-13-23)21-27(20-25)18-24-14-8-3-9-15-24;;;/h2*1-15,19H,16-18,20-21H2;2*1H;1H2/q2*+1;;;/p-2. The van der Waals surface area contributed by atoms with Gasteiger partial charge in [0.1, 0.15) is 52.9 Å². The Balaban J connectivity index is 0.000000240. The molecule has 0 radical (unpaired) electrons. The number of hydrogen-bond donors (Lipinski definition) is 0. The van der Waals surface area contributed by atoms with E-state index in [9.17, 15) is 0 Å². The van der Waals surface area contributed by atoms with Crippen molar-refractivity contribution < 1.29 is 48.6 Å². The van der Waals surface area contributed by atoms with Gasteiger partial charge in [0.2, 0.25) is 12.7 Å². The maximum absolute atomic E-state index is 2.50. The highest BCUT2D eigenvalue weighted by molar-refractivity contribution is 5.50. The highest BCUT2D eigenvalue weighted by Gasteiger charge is 2.25. The van der Waals surface area contributed by atoms with Crippen LogP contribution in [0.1, 0.15) is 33.4 Å². The predicted octanol–water partition coefficient (Wildman–Crippen LogP) is 1.50. The van der Waals surface area contributed by atoms with Gasteiger partial charge in [0, 0.05) is 13.1 Å². The molecule has 2 aliphatic rings. The molecule has 7 nitrogen and oxygen atoms in total. The fraction of sp³-hybridized carbons (Fsp3) is 0.208. The zero-order chi connectivity index (χ0) is 36.6. The third-order valence-electron chi connectivity index (χ3n) is 9.59. The maximum Gasteiger partial charge on any atom is 0.236 e. The lowest BCUT2D eigenvalue weighted by Gasteiger charge is -2.30. The first-order chi connectivity index (χ1) is 26.7. The van der Waals surface area contributed by atoms with Gasteiger partial charge in [0.15, 0.2) is 0 Å². The van der Waals surface area contributed by atoms with E-state index in [0.717, 1.165) is 65.9 Å². The number of benzene rings is 6. The number of hydrogen-bond acceptors (Lipinski definition) is 4. The lowest BCUT2D eigenvalue weighted by Crippen LogP contribution is -3.00. The van der Waals surface area contributed by atoms with Crippen LogP contribution in [0.25, 0.3) is 0 Å². The van der Waals surface area contributed by atoms with Crippen LogP contribution in [0.2, 0.25) is 0 Å². The van der Waals surface area contributed by atoms with Gasteiger partial charge in [-0.15, -0.1) is 0 Å². The van der Waals surface area contributed by atoms with Crippen molar-refractivity contribution in [3.8, 4) is 0 Å². The Hall–Kier alpha value is -4.90. The topological polar surface area (TPSA) is 50.5 Å². The van der Waals surface area contributed by atoms with E-state index in [0.29, 0.717) is 0 Å². The molecular formula is C48H54Br2N6O. The van der Waals surface area contributed by atoms with Gasteiger partial charge in [-0.3, -0.25) is 19.0 Å². The largest absolute Gasteiger partial charge is 1.00 e. The van der Waals surface area contributed by atoms with Crippen LogP contribution in [-0.2, 0) is 39.3 Å². The van der Waals surface area contributed by atoms with Crippen molar-refractivity contribution in [3.63, 3.8) is 0 Å². The monoisotopic (exact) mass is 888 g/mol. The highest BCUT2D eigenvalue weighted by atomic mass is 79.9. The minimum absolute atomic E-state index is 0. The van der Waals surface area contributed by atoms with Gasteiger partial charge in [-0.2, -0.15) is 0 Å². The molecule has 2 aliphatic heterocycles. The van der Waals surface area contributed by atoms with E-state index in [1.807, 2.05) is 0 Å². The van der Waals surface area contributed by atoms with Crippen LogP contribution in [0, 0.1) is 0 Å². The van der Waals surface area contributed by atoms with E-state index in [1.54, 1.807) is 0 Å². The molecule has 0 unspecified atom stereocenters. The van der Waals surface area contributed by atoms with Gasteiger partial charge < -0.3 is 39.4 Å². The van der Waals surface area contributed by atoms with Crippen LogP contribution >= 0.6 is 0 Å². The summed E-state index contributed by atoms with van der Waals surface area (Å²) in [4.78, 5) is 9.82. The van der Waals surface area contributed by atoms with E-state index in [4.69, 9.17) is 0 Å². The summed E-state index contributed by atoms with van der Waals surface area (Å²) >= 11 is 0. The quantitative estimate of drug-likeness (QED) is 0.175. The fourth-order valence-corrected chi connectivity index (χ4v) is 7.24. The Bertz CT molecular complexity index is 1890. The molecule has 0 aliphatic carbocycles. The molecule has 0 saturated carbocycles. The SMILES string of the molecule is C1=[N+](Cc2ccccc2)CN(Cc2ccccc2)CN1Cc1ccccc1.C1=[N+](Cc2ccccc2)CN(Cc2ccccc2)CN1Cc1ccccc1.O.[Br-].[Br-]. The smallest absolute Gasteiger partial charge is 0.236 e. The van der Waals surface area contributed by atoms with Gasteiger partial charge in [-0.25, -0.2) is 9.80 Å². The lowest BCUT2D eigenvalue weighted by atomic mass is 10.2. The summed E-state index contributed by atoms with van der Waals surface area (Å²) in [5.41, 5.74) is 8.09. The van der Waals surface area contributed by atoms with Crippen LogP contribution in [0.3, 0.4) is 0 Å². The van der Waals surface area contributed by atoms with Crippen molar-refractivity contribution in [1.82, 2.24) is 19.6 Å². The second-order valence-corrected chi connectivity index (χ2v) is 14.4. The van der Waals surface area contributed by atoms with Gasteiger partial charge in [0.25, 0.3) is 0 Å². The van der Waals surface area contributed by atoms with Crippen LogP contribution in [0.5, 0.6) is 0 Å². The van der Waals surface area contributed by atoms with E-state index < -0.39 is 0 Å². The van der Waals surface area contributed by atoms with E-state index in [-0.39, 0.29) is 39.4 Å². The summed E-state index contributed by atoms with van der Waals surface area (Å²) in [6.07, 6.45) is 4.59. The summed E-state index contributed by atoms with van der Waals surface area (Å²) in [6.45, 7) is 9.40. The molecule has 0 atom stereocenters. The highest BCUT2D eigenvalue weighted by Crippen LogP contribution is 2.15. The average molecular weight is 891 g/mol. The Morgan fingerprint density at radius 3 is 0.860 bits per heavy atom. The molecule has 296 valence electrons. The minimum atomic E-state index is 0. The third kappa shape index (κ3) is 14.8. The Kier molecular flexibility index (Phi) is 18.9. The van der Waals surface area contributed by atoms with E-state index in [2.05, 4.69) is 223 Å². The average Bonchev–Trinajstić information content (AvgIpc) is 3.20. The second-order valence-electron chi connectivity index (χ2n) is 14.4. The van der Waals surface area contributed by atoms with Crippen molar-refractivity contribution >= 4 is 12.7 Å². The van der Waals surface area contributed by atoms with Gasteiger partial charge in [-0.05, 0) is 33.4 Å². The summed E-state index contributed by atoms with van der Waals surface area (Å²) in [6, 6.07) is 64.3. The molecule has 2 heterocycles. The van der Waals surface area contributed by atoms with E-state index in [1.165, 1.54) is 33.4 Å². The van der Waals surface area contributed by atoms with Gasteiger partial charge in [0.05, 0.1) is 0 Å². The van der Waals surface area contributed by atoms with Crippen molar-refractivity contribution in [3.05, 3.63) is 215 Å².